The lowest BCUT2D eigenvalue weighted by molar-refractivity contribution is 0.243. The first-order valence-electron chi connectivity index (χ1n) is 5.33. The van der Waals surface area contributed by atoms with Crippen LogP contribution >= 0.6 is 11.6 Å². The highest BCUT2D eigenvalue weighted by Crippen LogP contribution is 2.08. The van der Waals surface area contributed by atoms with Crippen molar-refractivity contribution in [3.63, 3.8) is 0 Å². The molecule has 1 aromatic rings. The molecule has 83 valence electrons. The third-order valence-corrected chi connectivity index (χ3v) is 4.89. The molecule has 0 N–H and O–H groups in total. The minimum atomic E-state index is -0.816. The summed E-state index contributed by atoms with van der Waals surface area (Å²) in [6.45, 7) is 4.14. The fourth-order valence-corrected chi connectivity index (χ4v) is 3.56. The highest BCUT2D eigenvalue weighted by atomic mass is 35.5. The van der Waals surface area contributed by atoms with Gasteiger partial charge in [-0.15, -0.1) is 11.6 Å². The van der Waals surface area contributed by atoms with Crippen molar-refractivity contribution in [2.24, 2.45) is 0 Å². The summed E-state index contributed by atoms with van der Waals surface area (Å²) < 4.78 is 5.79. The zero-order chi connectivity index (χ0) is 11.1. The molecule has 3 heteroatoms. The summed E-state index contributed by atoms with van der Waals surface area (Å²) in [5.74, 6) is 0. The van der Waals surface area contributed by atoms with Crippen LogP contribution in [0.4, 0.5) is 0 Å². The first kappa shape index (κ1) is 12.8. The Morgan fingerprint density at radius 1 is 1.27 bits per heavy atom. The molecule has 15 heavy (non-hydrogen) atoms. The predicted octanol–water partition coefficient (Wildman–Crippen LogP) is 3.42. The van der Waals surface area contributed by atoms with Crippen LogP contribution in [0.2, 0.25) is 6.04 Å². The minimum Gasteiger partial charge on any atom is -0.413 e. The number of halogens is 1. The lowest BCUT2D eigenvalue weighted by Gasteiger charge is -2.15. The molecule has 0 heterocycles. The molecule has 0 spiro atoms. The third-order valence-electron chi connectivity index (χ3n) is 2.09. The molecule has 0 saturated heterocycles. The second-order valence-electron chi connectivity index (χ2n) is 3.82. The Hall–Kier alpha value is -0.313. The topological polar surface area (TPSA) is 9.23 Å². The average Bonchev–Trinajstić information content (AvgIpc) is 2.25. The normalized spacial score (nSPS) is 11.3. The van der Waals surface area contributed by atoms with Gasteiger partial charge in [-0.25, -0.2) is 0 Å². The molecule has 1 aromatic carbocycles. The Morgan fingerprint density at radius 2 is 1.93 bits per heavy atom. The van der Waals surface area contributed by atoms with E-state index in [1.807, 2.05) is 6.07 Å². The fraction of sp³-hybridized carbons (Fsp3) is 0.500. The molecule has 1 rings (SSSR count). The maximum atomic E-state index is 5.90. The van der Waals surface area contributed by atoms with Crippen molar-refractivity contribution >= 4 is 20.6 Å². The van der Waals surface area contributed by atoms with E-state index in [1.165, 1.54) is 5.56 Å². The molecule has 1 nitrogen and oxygen atoms in total. The van der Waals surface area contributed by atoms with E-state index >= 15 is 0 Å². The van der Waals surface area contributed by atoms with Crippen LogP contribution in [-0.2, 0) is 10.8 Å². The van der Waals surface area contributed by atoms with Crippen molar-refractivity contribution in [1.29, 1.82) is 0 Å². The average molecular weight is 242 g/mol. The highest BCUT2D eigenvalue weighted by molar-refractivity contribution is 6.61. The summed E-state index contributed by atoms with van der Waals surface area (Å²) in [5, 5.41) is 0. The fourth-order valence-electron chi connectivity index (χ4n) is 1.42. The molecule has 0 atom stereocenters. The van der Waals surface area contributed by atoms with Crippen LogP contribution in [0.3, 0.4) is 0 Å². The number of rotatable bonds is 6. The smallest absolute Gasteiger partial charge is 0.227 e. The lowest BCUT2D eigenvalue weighted by Crippen LogP contribution is -2.25. The van der Waals surface area contributed by atoms with Crippen molar-refractivity contribution in [1.82, 2.24) is 0 Å². The molecule has 0 aliphatic heterocycles. The van der Waals surface area contributed by atoms with E-state index in [0.717, 1.165) is 12.5 Å². The van der Waals surface area contributed by atoms with Crippen LogP contribution in [-0.4, -0.2) is 20.6 Å². The Labute approximate surface area is 99.1 Å². The van der Waals surface area contributed by atoms with Gasteiger partial charge in [-0.1, -0.05) is 30.3 Å². The monoisotopic (exact) mass is 241 g/mol. The van der Waals surface area contributed by atoms with E-state index in [0.29, 0.717) is 11.6 Å². The molecule has 0 aromatic heterocycles. The van der Waals surface area contributed by atoms with E-state index in [9.17, 15) is 0 Å². The van der Waals surface area contributed by atoms with Gasteiger partial charge in [0.15, 0.2) is 0 Å². The van der Waals surface area contributed by atoms with Gasteiger partial charge in [-0.05, 0) is 31.9 Å². The number of hydrogen-bond acceptors (Lipinski definition) is 1. The van der Waals surface area contributed by atoms with Crippen molar-refractivity contribution in [3.8, 4) is 0 Å². The predicted molar refractivity (Wildman–Crippen MR) is 67.6 cm³/mol. The van der Waals surface area contributed by atoms with Gasteiger partial charge in [0.1, 0.15) is 0 Å². The van der Waals surface area contributed by atoms with Gasteiger partial charge in [0.25, 0.3) is 0 Å². The summed E-state index contributed by atoms with van der Waals surface area (Å²) in [7, 11) is -0.816. The molecule has 0 saturated carbocycles. The number of hydrogen-bond donors (Lipinski definition) is 0. The van der Waals surface area contributed by atoms with Gasteiger partial charge in [0.05, 0.1) is 0 Å². The Morgan fingerprint density at radius 3 is 2.47 bits per heavy atom. The van der Waals surface area contributed by atoms with Crippen LogP contribution in [0, 0.1) is 0 Å². The molecule has 0 bridgehead atoms. The zero-order valence-electron chi connectivity index (χ0n) is 9.37. The number of benzene rings is 1. The Bertz CT molecular complexity index is 264. The second kappa shape index (κ2) is 7.04. The van der Waals surface area contributed by atoms with Crippen LogP contribution in [0.1, 0.15) is 19.4 Å². The summed E-state index contributed by atoms with van der Waals surface area (Å²) in [4.78, 5) is 0. The van der Waals surface area contributed by atoms with Gasteiger partial charge in [0, 0.05) is 11.6 Å². The number of alkyl halides is 1. The molecule has 1 radical (unpaired) electrons. The summed E-state index contributed by atoms with van der Waals surface area (Å²) in [5.41, 5.74) is 2.05. The quantitative estimate of drug-likeness (QED) is 0.548. The molecule has 0 aliphatic carbocycles. The molecular weight excluding hydrogens is 224 g/mol. The lowest BCUT2D eigenvalue weighted by atomic mass is 10.2. The molecular formula is C12H18ClOSi. The van der Waals surface area contributed by atoms with Crippen LogP contribution in [0.25, 0.3) is 0 Å². The van der Waals surface area contributed by atoms with Crippen LogP contribution in [0.15, 0.2) is 30.3 Å². The Balaban J connectivity index is 2.34. The van der Waals surface area contributed by atoms with E-state index < -0.39 is 9.04 Å². The van der Waals surface area contributed by atoms with Crippen molar-refractivity contribution in [2.75, 3.05) is 5.50 Å². The highest BCUT2D eigenvalue weighted by Gasteiger charge is 2.13. The maximum Gasteiger partial charge on any atom is 0.227 e. The molecule has 0 unspecified atom stereocenters. The van der Waals surface area contributed by atoms with E-state index in [-0.39, 0.29) is 0 Å². The van der Waals surface area contributed by atoms with Crippen molar-refractivity contribution in [2.45, 2.75) is 32.4 Å². The first-order valence-corrected chi connectivity index (χ1v) is 7.69. The SMILES string of the molecule is CC(C)O[Si](CCl)CCc1ccccc1. The molecule has 0 amide bonds. The van der Waals surface area contributed by atoms with Gasteiger partial charge in [0.2, 0.25) is 9.04 Å². The first-order chi connectivity index (χ1) is 7.22. The summed E-state index contributed by atoms with van der Waals surface area (Å²) in [6, 6.07) is 11.6. The Kier molecular flexibility index (Phi) is 5.99. The van der Waals surface area contributed by atoms with Crippen LogP contribution < -0.4 is 0 Å². The van der Waals surface area contributed by atoms with Gasteiger partial charge < -0.3 is 4.43 Å². The summed E-state index contributed by atoms with van der Waals surface area (Å²) >= 11 is 5.90. The van der Waals surface area contributed by atoms with Crippen LogP contribution in [0.5, 0.6) is 0 Å². The van der Waals surface area contributed by atoms with E-state index in [4.69, 9.17) is 16.0 Å². The number of aryl methyl sites for hydroxylation is 1. The van der Waals surface area contributed by atoms with Gasteiger partial charge >= 0.3 is 0 Å². The standard InChI is InChI=1S/C12H18ClOSi/c1-11(2)14-15(10-13)9-8-12-6-4-3-5-7-12/h3-7,11H,8-10H2,1-2H3. The third kappa shape index (κ3) is 5.35. The zero-order valence-corrected chi connectivity index (χ0v) is 11.1. The van der Waals surface area contributed by atoms with E-state index in [1.54, 1.807) is 0 Å². The second-order valence-corrected chi connectivity index (χ2v) is 6.71. The molecule has 0 aliphatic rings. The van der Waals surface area contributed by atoms with Crippen molar-refractivity contribution in [3.05, 3.63) is 35.9 Å². The maximum absolute atomic E-state index is 5.90. The van der Waals surface area contributed by atoms with Gasteiger partial charge in [-0.2, -0.15) is 0 Å². The van der Waals surface area contributed by atoms with E-state index in [2.05, 4.69) is 38.1 Å². The molecule has 0 fully saturated rings. The van der Waals surface area contributed by atoms with Gasteiger partial charge in [-0.3, -0.25) is 0 Å². The minimum absolute atomic E-state index is 0.299. The van der Waals surface area contributed by atoms with Crippen molar-refractivity contribution < 1.29 is 4.43 Å². The summed E-state index contributed by atoms with van der Waals surface area (Å²) in [6.07, 6.45) is 1.38. The largest absolute Gasteiger partial charge is 0.413 e.